The predicted molar refractivity (Wildman–Crippen MR) is 73.5 cm³/mol. The van der Waals surface area contributed by atoms with Crippen molar-refractivity contribution in [1.29, 1.82) is 0 Å². The molecular weight excluding hydrogens is 281 g/mol. The summed E-state index contributed by atoms with van der Waals surface area (Å²) in [7, 11) is 1.40. The van der Waals surface area contributed by atoms with E-state index in [1.807, 2.05) is 0 Å². The molecule has 0 amide bonds. The third kappa shape index (κ3) is 2.32. The molecule has 3 rings (SSSR count). The zero-order chi connectivity index (χ0) is 15.3. The number of fused-ring (bicyclic) bond motifs is 2. The Bertz CT molecular complexity index is 734. The molecule has 0 aromatic heterocycles. The van der Waals surface area contributed by atoms with Crippen LogP contribution in [0.2, 0.25) is 0 Å². The molecule has 110 valence electrons. The standard InChI is InChI=1S/C16H13F3O2/c1-21-15(20)6-2-3-11-7-12-8-13(16(17,18)19)5-4-10(12)9-14(11)15/h2-5,7-9,20H,6H2,1H3. The van der Waals surface area contributed by atoms with E-state index in [-0.39, 0.29) is 0 Å². The Balaban J connectivity index is 2.22. The molecule has 0 spiro atoms. The van der Waals surface area contributed by atoms with Crippen molar-refractivity contribution in [1.82, 2.24) is 0 Å². The second-order valence-corrected chi connectivity index (χ2v) is 5.09. The lowest BCUT2D eigenvalue weighted by molar-refractivity contribution is -0.192. The van der Waals surface area contributed by atoms with Gasteiger partial charge in [-0.25, -0.2) is 0 Å². The molecule has 1 N–H and O–H groups in total. The van der Waals surface area contributed by atoms with Gasteiger partial charge in [-0.1, -0.05) is 18.2 Å². The first-order chi connectivity index (χ1) is 9.83. The van der Waals surface area contributed by atoms with E-state index >= 15 is 0 Å². The predicted octanol–water partition coefficient (Wildman–Crippen LogP) is 4.07. The van der Waals surface area contributed by atoms with Crippen molar-refractivity contribution in [2.75, 3.05) is 7.11 Å². The smallest absolute Gasteiger partial charge is 0.362 e. The summed E-state index contributed by atoms with van der Waals surface area (Å²) in [4.78, 5) is 0. The molecule has 2 aromatic rings. The van der Waals surface area contributed by atoms with E-state index in [9.17, 15) is 18.3 Å². The number of alkyl halides is 3. The Hall–Kier alpha value is -1.85. The lowest BCUT2D eigenvalue weighted by atomic mass is 9.89. The first-order valence-corrected chi connectivity index (χ1v) is 6.43. The fourth-order valence-corrected chi connectivity index (χ4v) is 2.62. The minimum absolute atomic E-state index is 0.308. The summed E-state index contributed by atoms with van der Waals surface area (Å²) >= 11 is 0. The first kappa shape index (κ1) is 14.1. The molecular formula is C16H13F3O2. The second-order valence-electron chi connectivity index (χ2n) is 5.09. The van der Waals surface area contributed by atoms with Crippen LogP contribution < -0.4 is 0 Å². The minimum atomic E-state index is -4.37. The topological polar surface area (TPSA) is 29.5 Å². The van der Waals surface area contributed by atoms with Gasteiger partial charge in [0.25, 0.3) is 0 Å². The summed E-state index contributed by atoms with van der Waals surface area (Å²) in [6, 6.07) is 6.88. The van der Waals surface area contributed by atoms with Gasteiger partial charge in [-0.3, -0.25) is 0 Å². The Morgan fingerprint density at radius 2 is 1.90 bits per heavy atom. The summed E-state index contributed by atoms with van der Waals surface area (Å²) in [6.07, 6.45) is -0.538. The van der Waals surface area contributed by atoms with Crippen molar-refractivity contribution >= 4 is 16.8 Å². The molecule has 0 saturated carbocycles. The molecule has 0 saturated heterocycles. The highest BCUT2D eigenvalue weighted by atomic mass is 19.4. The zero-order valence-corrected chi connectivity index (χ0v) is 11.2. The molecule has 0 heterocycles. The maximum Gasteiger partial charge on any atom is 0.416 e. The Kier molecular flexibility index (Phi) is 3.07. The molecule has 2 aromatic carbocycles. The molecule has 21 heavy (non-hydrogen) atoms. The van der Waals surface area contributed by atoms with Gasteiger partial charge < -0.3 is 9.84 Å². The average molecular weight is 294 g/mol. The second kappa shape index (κ2) is 4.58. The van der Waals surface area contributed by atoms with E-state index in [2.05, 4.69) is 0 Å². The minimum Gasteiger partial charge on any atom is -0.362 e. The van der Waals surface area contributed by atoms with Gasteiger partial charge in [0, 0.05) is 19.1 Å². The van der Waals surface area contributed by atoms with Gasteiger partial charge in [-0.15, -0.1) is 0 Å². The molecule has 1 aliphatic rings. The number of hydrogen-bond donors (Lipinski definition) is 1. The Labute approximate surface area is 119 Å². The lowest BCUT2D eigenvalue weighted by Crippen LogP contribution is -2.29. The highest BCUT2D eigenvalue weighted by Crippen LogP contribution is 2.38. The number of halogens is 3. The van der Waals surface area contributed by atoms with Gasteiger partial charge in [0.15, 0.2) is 5.79 Å². The molecule has 0 bridgehead atoms. The third-order valence-electron chi connectivity index (χ3n) is 3.79. The molecule has 0 radical (unpaired) electrons. The van der Waals surface area contributed by atoms with Gasteiger partial charge in [0.2, 0.25) is 0 Å². The summed E-state index contributed by atoms with van der Waals surface area (Å²) in [5.41, 5.74) is 0.550. The van der Waals surface area contributed by atoms with Crippen molar-refractivity contribution in [3.63, 3.8) is 0 Å². The van der Waals surface area contributed by atoms with Crippen molar-refractivity contribution in [3.05, 3.63) is 53.1 Å². The van der Waals surface area contributed by atoms with Gasteiger partial charge in [-0.2, -0.15) is 13.2 Å². The molecule has 2 nitrogen and oxygen atoms in total. The van der Waals surface area contributed by atoms with Crippen LogP contribution in [0.5, 0.6) is 0 Å². The van der Waals surface area contributed by atoms with Gasteiger partial charge in [-0.05, 0) is 40.6 Å². The van der Waals surface area contributed by atoms with Crippen LogP contribution in [0.1, 0.15) is 23.1 Å². The van der Waals surface area contributed by atoms with Crippen LogP contribution in [0.4, 0.5) is 13.2 Å². The quantitative estimate of drug-likeness (QED) is 0.803. The lowest BCUT2D eigenvalue weighted by Gasteiger charge is -2.30. The SMILES string of the molecule is COC1(O)CC=Cc2cc3cc(C(F)(F)F)ccc3cc21. The molecule has 1 aliphatic carbocycles. The molecule has 5 heteroatoms. The Morgan fingerprint density at radius 1 is 1.14 bits per heavy atom. The number of rotatable bonds is 1. The number of aliphatic hydroxyl groups is 1. The van der Waals surface area contributed by atoms with Crippen LogP contribution in [-0.4, -0.2) is 12.2 Å². The van der Waals surface area contributed by atoms with Crippen molar-refractivity contribution in [2.45, 2.75) is 18.4 Å². The first-order valence-electron chi connectivity index (χ1n) is 6.43. The Morgan fingerprint density at radius 3 is 2.57 bits per heavy atom. The van der Waals surface area contributed by atoms with Gasteiger partial charge in [0.05, 0.1) is 5.56 Å². The van der Waals surface area contributed by atoms with Crippen LogP contribution >= 0.6 is 0 Å². The highest BCUT2D eigenvalue weighted by Gasteiger charge is 2.33. The van der Waals surface area contributed by atoms with Gasteiger partial charge >= 0.3 is 6.18 Å². The maximum atomic E-state index is 12.8. The van der Waals surface area contributed by atoms with E-state index in [4.69, 9.17) is 4.74 Å². The maximum absolute atomic E-state index is 12.8. The summed E-state index contributed by atoms with van der Waals surface area (Å²) in [5, 5.41) is 11.5. The number of ether oxygens (including phenoxy) is 1. The van der Waals surface area contributed by atoms with Crippen molar-refractivity contribution in [3.8, 4) is 0 Å². The normalized spacial score (nSPS) is 21.6. The van der Waals surface area contributed by atoms with Crippen molar-refractivity contribution in [2.24, 2.45) is 0 Å². The zero-order valence-electron chi connectivity index (χ0n) is 11.2. The van der Waals surface area contributed by atoms with E-state index in [1.165, 1.54) is 13.2 Å². The van der Waals surface area contributed by atoms with Gasteiger partial charge in [0.1, 0.15) is 0 Å². The molecule has 0 aliphatic heterocycles. The highest BCUT2D eigenvalue weighted by molar-refractivity contribution is 5.87. The van der Waals surface area contributed by atoms with E-state index in [0.717, 1.165) is 12.1 Å². The fraction of sp³-hybridized carbons (Fsp3) is 0.250. The summed E-state index contributed by atoms with van der Waals surface area (Å²) < 4.78 is 43.4. The fourth-order valence-electron chi connectivity index (χ4n) is 2.62. The van der Waals surface area contributed by atoms with Crippen molar-refractivity contribution < 1.29 is 23.0 Å². The van der Waals surface area contributed by atoms with Crippen LogP contribution in [0.15, 0.2) is 36.4 Å². The molecule has 1 atom stereocenters. The molecule has 0 fully saturated rings. The van der Waals surface area contributed by atoms with E-state index < -0.39 is 17.5 Å². The summed E-state index contributed by atoms with van der Waals surface area (Å²) in [5.74, 6) is -1.43. The number of hydrogen-bond acceptors (Lipinski definition) is 2. The largest absolute Gasteiger partial charge is 0.416 e. The summed E-state index contributed by atoms with van der Waals surface area (Å²) in [6.45, 7) is 0. The third-order valence-corrected chi connectivity index (χ3v) is 3.79. The number of benzene rings is 2. The molecule has 1 unspecified atom stereocenters. The van der Waals surface area contributed by atoms with Crippen LogP contribution in [0, 0.1) is 0 Å². The monoisotopic (exact) mass is 294 g/mol. The number of methoxy groups -OCH3 is 1. The van der Waals surface area contributed by atoms with Crippen LogP contribution in [0.25, 0.3) is 16.8 Å². The van der Waals surface area contributed by atoms with E-state index in [0.29, 0.717) is 28.3 Å². The average Bonchev–Trinajstić information content (AvgIpc) is 2.44. The van der Waals surface area contributed by atoms with Crippen LogP contribution in [0.3, 0.4) is 0 Å². The van der Waals surface area contributed by atoms with Crippen LogP contribution in [-0.2, 0) is 16.7 Å². The van der Waals surface area contributed by atoms with E-state index in [1.54, 1.807) is 24.3 Å².